The molecule has 0 aliphatic carbocycles. The summed E-state index contributed by atoms with van der Waals surface area (Å²) >= 11 is 0. The van der Waals surface area contributed by atoms with Crippen molar-refractivity contribution in [3.63, 3.8) is 0 Å². The lowest BCUT2D eigenvalue weighted by molar-refractivity contribution is -0.384. The van der Waals surface area contributed by atoms with Gasteiger partial charge in [-0.2, -0.15) is 0 Å². The monoisotopic (exact) mass is 692 g/mol. The third-order valence-electron chi connectivity index (χ3n) is 7.41. The Bertz CT molecular complexity index is 1600. The van der Waals surface area contributed by atoms with Gasteiger partial charge in [0.2, 0.25) is 11.8 Å². The fraction of sp³-hybridized carbons (Fsp3) is 0.324. The van der Waals surface area contributed by atoms with Gasteiger partial charge in [-0.15, -0.1) is 0 Å². The molecule has 6 N–H and O–H groups in total. The Labute approximate surface area is 288 Å². The molecule has 0 bridgehead atoms. The van der Waals surface area contributed by atoms with E-state index in [0.29, 0.717) is 24.1 Å². The number of ether oxygens (including phenoxy) is 3. The average molecular weight is 693 g/mol. The molecule has 0 unspecified atom stereocenters. The van der Waals surface area contributed by atoms with Crippen LogP contribution in [0.5, 0.6) is 5.75 Å². The number of nitrogens with one attached hydrogen (secondary N) is 4. The number of primary amides is 1. The summed E-state index contributed by atoms with van der Waals surface area (Å²) in [7, 11) is 0. The summed E-state index contributed by atoms with van der Waals surface area (Å²) in [5.74, 6) is -1.38. The number of carbonyl (C=O) groups is 5. The maximum atomic E-state index is 13.5. The van der Waals surface area contributed by atoms with Gasteiger partial charge >= 0.3 is 18.3 Å². The lowest BCUT2D eigenvalue weighted by atomic mass is 9.97. The molecule has 0 saturated heterocycles. The van der Waals surface area contributed by atoms with Gasteiger partial charge in [-0.25, -0.2) is 14.4 Å². The van der Waals surface area contributed by atoms with Crippen LogP contribution in [0.15, 0.2) is 78.9 Å². The molecule has 3 aromatic carbocycles. The first-order chi connectivity index (χ1) is 23.9. The minimum absolute atomic E-state index is 0.0105. The number of hydrogen-bond donors (Lipinski definition) is 5. The van der Waals surface area contributed by atoms with Gasteiger partial charge in [-0.05, 0) is 54.2 Å². The first kappa shape index (κ1) is 38.3. The first-order valence-corrected chi connectivity index (χ1v) is 15.7. The highest BCUT2D eigenvalue weighted by molar-refractivity contribution is 5.98. The predicted molar refractivity (Wildman–Crippen MR) is 181 cm³/mol. The van der Waals surface area contributed by atoms with Crippen LogP contribution in [0.25, 0.3) is 0 Å². The second-order valence-corrected chi connectivity index (χ2v) is 11.1. The minimum Gasteiger partial charge on any atom is -0.445 e. The predicted octanol–water partition coefficient (Wildman–Crippen LogP) is 4.52. The van der Waals surface area contributed by atoms with Crippen molar-refractivity contribution in [3.8, 4) is 5.75 Å². The number of urea groups is 1. The lowest BCUT2D eigenvalue weighted by Gasteiger charge is -2.26. The van der Waals surface area contributed by atoms with Crippen molar-refractivity contribution in [1.29, 1.82) is 0 Å². The number of nitrogens with zero attached hydrogens (tertiary/aromatic N) is 1. The van der Waals surface area contributed by atoms with E-state index in [4.69, 9.17) is 19.9 Å². The zero-order chi connectivity index (χ0) is 36.5. The Balaban J connectivity index is 1.59. The van der Waals surface area contributed by atoms with Gasteiger partial charge in [0.1, 0.15) is 31.0 Å². The Morgan fingerprint density at radius 3 is 2.10 bits per heavy atom. The molecule has 0 aliphatic rings. The Morgan fingerprint density at radius 2 is 1.48 bits per heavy atom. The third-order valence-corrected chi connectivity index (χ3v) is 7.41. The number of anilines is 1. The zero-order valence-corrected chi connectivity index (χ0v) is 27.6. The van der Waals surface area contributed by atoms with E-state index in [1.54, 1.807) is 43.3 Å². The second-order valence-electron chi connectivity index (χ2n) is 11.1. The van der Waals surface area contributed by atoms with Crippen molar-refractivity contribution in [1.82, 2.24) is 16.0 Å². The number of benzene rings is 3. The number of nitrogens with two attached hydrogens (primary N) is 1. The lowest BCUT2D eigenvalue weighted by Crippen LogP contribution is -2.55. The number of hydrogen-bond acceptors (Lipinski definition) is 10. The molecule has 0 heterocycles. The van der Waals surface area contributed by atoms with Crippen LogP contribution in [0.3, 0.4) is 0 Å². The number of carbonyl (C=O) groups excluding carboxylic acids is 5. The van der Waals surface area contributed by atoms with Crippen LogP contribution in [-0.4, -0.2) is 53.6 Å². The first-order valence-electron chi connectivity index (χ1n) is 15.7. The molecular formula is C34H40N6O10. The highest BCUT2D eigenvalue weighted by atomic mass is 16.7. The summed E-state index contributed by atoms with van der Waals surface area (Å²) in [6.45, 7) is 3.65. The summed E-state index contributed by atoms with van der Waals surface area (Å²) in [6.07, 6.45) is -0.832. The number of non-ortho nitro benzene ring substituents is 1. The van der Waals surface area contributed by atoms with Gasteiger partial charge in [0.15, 0.2) is 0 Å². The maximum absolute atomic E-state index is 13.5. The van der Waals surface area contributed by atoms with E-state index in [0.717, 1.165) is 5.56 Å². The van der Waals surface area contributed by atoms with Crippen LogP contribution < -0.4 is 31.7 Å². The molecule has 0 saturated carbocycles. The summed E-state index contributed by atoms with van der Waals surface area (Å²) < 4.78 is 15.4. The smallest absolute Gasteiger partial charge is 0.445 e. The zero-order valence-electron chi connectivity index (χ0n) is 27.6. The standard InChI is InChI=1S/C34H40N6O10/c1-3-22(2)29(39-33(44)48-20-23-8-5-4-6-9-23)31(42)38-28(10-7-19-36-32(35)43)30(41)37-25-13-11-24(12-14-25)21-49-34(45)50-27-17-15-26(16-18-27)40(46)47/h4-6,8-9,11-18,22,28-29H,3,7,10,19-21H2,1-2H3,(H,37,41)(H,38,42)(H,39,44)(H3,35,36,43)/t22-,28+,29+/m1/s1. The van der Waals surface area contributed by atoms with Crippen LogP contribution in [0.4, 0.5) is 25.8 Å². The quantitative estimate of drug-likeness (QED) is 0.0436. The van der Waals surface area contributed by atoms with Crippen molar-refractivity contribution < 1.29 is 43.1 Å². The molecule has 50 heavy (non-hydrogen) atoms. The molecule has 16 nitrogen and oxygen atoms in total. The molecule has 16 heteroatoms. The van der Waals surface area contributed by atoms with Crippen LogP contribution in [-0.2, 0) is 32.3 Å². The third kappa shape index (κ3) is 13.1. The van der Waals surface area contributed by atoms with E-state index in [1.807, 2.05) is 25.1 Å². The van der Waals surface area contributed by atoms with Crippen LogP contribution in [0, 0.1) is 16.0 Å². The van der Waals surface area contributed by atoms with Crippen molar-refractivity contribution in [2.75, 3.05) is 11.9 Å². The van der Waals surface area contributed by atoms with E-state index in [2.05, 4.69) is 21.3 Å². The molecular weight excluding hydrogens is 652 g/mol. The molecule has 0 fully saturated rings. The Hall–Kier alpha value is -6.19. The number of alkyl carbamates (subject to hydrolysis) is 1. The summed E-state index contributed by atoms with van der Waals surface area (Å²) in [6, 6.07) is 17.5. The van der Waals surface area contributed by atoms with E-state index < -0.39 is 47.1 Å². The number of rotatable bonds is 17. The number of amides is 5. The largest absolute Gasteiger partial charge is 0.514 e. The highest BCUT2D eigenvalue weighted by Gasteiger charge is 2.30. The number of nitro benzene ring substituents is 1. The van der Waals surface area contributed by atoms with Gasteiger partial charge in [-0.1, -0.05) is 62.7 Å². The average Bonchev–Trinajstić information content (AvgIpc) is 3.10. The molecule has 5 amide bonds. The maximum Gasteiger partial charge on any atom is 0.514 e. The van der Waals surface area contributed by atoms with Crippen LogP contribution >= 0.6 is 0 Å². The van der Waals surface area contributed by atoms with Crippen LogP contribution in [0.2, 0.25) is 0 Å². The van der Waals surface area contributed by atoms with Gasteiger partial charge in [0.25, 0.3) is 5.69 Å². The molecule has 266 valence electrons. The van der Waals surface area contributed by atoms with Gasteiger partial charge in [0, 0.05) is 24.4 Å². The molecule has 0 aliphatic heterocycles. The van der Waals surface area contributed by atoms with Crippen molar-refractivity contribution >= 4 is 41.5 Å². The fourth-order valence-electron chi connectivity index (χ4n) is 4.46. The summed E-state index contributed by atoms with van der Waals surface area (Å²) in [5, 5.41) is 21.3. The highest BCUT2D eigenvalue weighted by Crippen LogP contribution is 2.18. The van der Waals surface area contributed by atoms with Gasteiger partial charge in [-0.3, -0.25) is 19.7 Å². The SMILES string of the molecule is CC[C@@H](C)[C@H](NC(=O)OCc1ccccc1)C(=O)N[C@@H](CCCNC(N)=O)C(=O)Nc1ccc(COC(=O)Oc2ccc([N+](=O)[O-])cc2)cc1. The molecule has 0 spiro atoms. The van der Waals surface area contributed by atoms with E-state index in [-0.39, 0.29) is 43.5 Å². The number of nitro groups is 1. The van der Waals surface area contributed by atoms with E-state index >= 15 is 0 Å². The Kier molecular flexibility index (Phi) is 15.0. The summed E-state index contributed by atoms with van der Waals surface area (Å²) in [5.41, 5.74) is 6.70. The molecule has 3 aromatic rings. The van der Waals surface area contributed by atoms with Crippen molar-refractivity contribution in [3.05, 3.63) is 100 Å². The normalized spacial score (nSPS) is 12.3. The van der Waals surface area contributed by atoms with Crippen molar-refractivity contribution in [2.45, 2.75) is 58.4 Å². The van der Waals surface area contributed by atoms with E-state index in [1.165, 1.54) is 24.3 Å². The second kappa shape index (κ2) is 19.6. The van der Waals surface area contributed by atoms with Crippen LogP contribution in [0.1, 0.15) is 44.2 Å². The summed E-state index contributed by atoms with van der Waals surface area (Å²) in [4.78, 5) is 72.8. The molecule has 0 radical (unpaired) electrons. The topological polar surface area (TPSA) is 230 Å². The molecule has 0 aromatic heterocycles. The van der Waals surface area contributed by atoms with Crippen molar-refractivity contribution in [2.24, 2.45) is 11.7 Å². The fourth-order valence-corrected chi connectivity index (χ4v) is 4.46. The van der Waals surface area contributed by atoms with Gasteiger partial charge < -0.3 is 41.2 Å². The van der Waals surface area contributed by atoms with Gasteiger partial charge in [0.05, 0.1) is 4.92 Å². The van der Waals surface area contributed by atoms with E-state index in [9.17, 15) is 34.1 Å². The Morgan fingerprint density at radius 1 is 0.840 bits per heavy atom. The minimum atomic E-state index is -1.05. The molecule has 3 atom stereocenters. The molecule has 3 rings (SSSR count).